The van der Waals surface area contributed by atoms with E-state index in [9.17, 15) is 4.39 Å². The minimum Gasteiger partial charge on any atom is -0.396 e. The number of aliphatic hydroxyl groups is 1. The van der Waals surface area contributed by atoms with E-state index in [0.717, 1.165) is 37.9 Å². The summed E-state index contributed by atoms with van der Waals surface area (Å²) in [6.45, 7) is 2.03. The summed E-state index contributed by atoms with van der Waals surface area (Å²) in [6, 6.07) is 7.13. The Morgan fingerprint density at radius 1 is 1.47 bits per heavy atom. The van der Waals surface area contributed by atoms with Crippen molar-refractivity contribution in [1.82, 2.24) is 4.90 Å². The summed E-state index contributed by atoms with van der Waals surface area (Å²) < 4.78 is 13.3. The van der Waals surface area contributed by atoms with Crippen molar-refractivity contribution in [2.45, 2.75) is 38.3 Å². The molecule has 1 aliphatic rings. The van der Waals surface area contributed by atoms with Crippen molar-refractivity contribution in [1.29, 1.82) is 5.26 Å². The number of rotatable bonds is 5. The molecule has 2 rings (SSSR count). The van der Waals surface area contributed by atoms with Gasteiger partial charge in [-0.2, -0.15) is 5.26 Å². The molecule has 0 aromatic heterocycles. The number of aliphatic hydroxyl groups excluding tert-OH is 1. The highest BCUT2D eigenvalue weighted by Gasteiger charge is 2.23. The fraction of sp³-hybridized carbons (Fsp3) is 0.533. The lowest BCUT2D eigenvalue weighted by Gasteiger charge is -2.24. The Hall–Kier alpha value is -1.44. The standard InChI is InChI=1S/C15H19FN2O/c16-15-6-5-12(9-13(15)10-17)11-18-7-1-3-14(18)4-2-8-19/h5-6,9,14,19H,1-4,7-8,11H2/t14-/m0/s1. The smallest absolute Gasteiger partial charge is 0.140 e. The van der Waals surface area contributed by atoms with Crippen molar-refractivity contribution in [3.63, 3.8) is 0 Å². The lowest BCUT2D eigenvalue weighted by molar-refractivity contribution is 0.210. The zero-order valence-electron chi connectivity index (χ0n) is 11.0. The van der Waals surface area contributed by atoms with Crippen LogP contribution in [0.1, 0.15) is 36.8 Å². The Bertz CT molecular complexity index is 470. The molecule has 0 radical (unpaired) electrons. The molecule has 1 aliphatic heterocycles. The van der Waals surface area contributed by atoms with E-state index in [-0.39, 0.29) is 12.2 Å². The molecule has 0 amide bonds. The fourth-order valence-electron chi connectivity index (χ4n) is 2.75. The zero-order valence-corrected chi connectivity index (χ0v) is 11.0. The van der Waals surface area contributed by atoms with Gasteiger partial charge in [0.2, 0.25) is 0 Å². The molecule has 3 nitrogen and oxygen atoms in total. The first-order chi connectivity index (χ1) is 9.24. The summed E-state index contributed by atoms with van der Waals surface area (Å²) >= 11 is 0. The molecule has 1 aromatic carbocycles. The van der Waals surface area contributed by atoms with Gasteiger partial charge in [0.1, 0.15) is 11.9 Å². The van der Waals surface area contributed by atoms with E-state index < -0.39 is 5.82 Å². The van der Waals surface area contributed by atoms with Crippen LogP contribution < -0.4 is 0 Å². The van der Waals surface area contributed by atoms with Gasteiger partial charge in [0.15, 0.2) is 0 Å². The van der Waals surface area contributed by atoms with Crippen molar-refractivity contribution >= 4 is 0 Å². The molecule has 0 saturated carbocycles. The molecule has 102 valence electrons. The van der Waals surface area contributed by atoms with E-state index in [0.29, 0.717) is 6.04 Å². The summed E-state index contributed by atoms with van der Waals surface area (Å²) in [5.74, 6) is -0.454. The second-order valence-corrected chi connectivity index (χ2v) is 5.06. The Morgan fingerprint density at radius 3 is 3.05 bits per heavy atom. The van der Waals surface area contributed by atoms with Crippen LogP contribution in [0.25, 0.3) is 0 Å². The second kappa shape index (κ2) is 6.65. The summed E-state index contributed by atoms with van der Waals surface area (Å²) in [4.78, 5) is 2.37. The molecular formula is C15H19FN2O. The summed E-state index contributed by atoms with van der Waals surface area (Å²) in [7, 11) is 0. The first-order valence-electron chi connectivity index (χ1n) is 6.78. The summed E-state index contributed by atoms with van der Waals surface area (Å²) in [5, 5.41) is 17.7. The number of benzene rings is 1. The third kappa shape index (κ3) is 3.52. The molecule has 19 heavy (non-hydrogen) atoms. The minimum atomic E-state index is -0.454. The Balaban J connectivity index is 2.02. The van der Waals surface area contributed by atoms with Crippen LogP contribution in [-0.4, -0.2) is 29.2 Å². The molecule has 0 aliphatic carbocycles. The van der Waals surface area contributed by atoms with E-state index >= 15 is 0 Å². The maximum atomic E-state index is 13.3. The van der Waals surface area contributed by atoms with Gasteiger partial charge >= 0.3 is 0 Å². The van der Waals surface area contributed by atoms with Crippen LogP contribution >= 0.6 is 0 Å². The average Bonchev–Trinajstić information content (AvgIpc) is 2.86. The van der Waals surface area contributed by atoms with Crippen LogP contribution in [0.4, 0.5) is 4.39 Å². The highest BCUT2D eigenvalue weighted by atomic mass is 19.1. The van der Waals surface area contributed by atoms with Gasteiger partial charge in [-0.25, -0.2) is 4.39 Å². The van der Waals surface area contributed by atoms with Crippen molar-refractivity contribution in [3.8, 4) is 6.07 Å². The van der Waals surface area contributed by atoms with E-state index in [1.165, 1.54) is 12.5 Å². The van der Waals surface area contributed by atoms with Gasteiger partial charge in [-0.1, -0.05) is 6.07 Å². The summed E-state index contributed by atoms with van der Waals surface area (Å²) in [6.07, 6.45) is 4.16. The van der Waals surface area contributed by atoms with Crippen molar-refractivity contribution in [2.24, 2.45) is 0 Å². The van der Waals surface area contributed by atoms with Crippen LogP contribution in [0.3, 0.4) is 0 Å². The van der Waals surface area contributed by atoms with E-state index in [4.69, 9.17) is 10.4 Å². The zero-order chi connectivity index (χ0) is 13.7. The highest BCUT2D eigenvalue weighted by molar-refractivity contribution is 5.34. The first-order valence-corrected chi connectivity index (χ1v) is 6.78. The van der Waals surface area contributed by atoms with Crippen LogP contribution in [0.5, 0.6) is 0 Å². The molecule has 1 aromatic rings. The van der Waals surface area contributed by atoms with Gasteiger partial charge in [0, 0.05) is 19.2 Å². The maximum absolute atomic E-state index is 13.3. The Morgan fingerprint density at radius 2 is 2.32 bits per heavy atom. The van der Waals surface area contributed by atoms with Crippen LogP contribution in [-0.2, 0) is 6.54 Å². The largest absolute Gasteiger partial charge is 0.396 e. The minimum absolute atomic E-state index is 0.114. The SMILES string of the molecule is N#Cc1cc(CN2CCC[C@H]2CCCO)ccc1F. The third-order valence-electron chi connectivity index (χ3n) is 3.73. The number of likely N-dealkylation sites (tertiary alicyclic amines) is 1. The second-order valence-electron chi connectivity index (χ2n) is 5.06. The van der Waals surface area contributed by atoms with E-state index in [2.05, 4.69) is 4.90 Å². The summed E-state index contributed by atoms with van der Waals surface area (Å²) in [5.41, 5.74) is 1.09. The van der Waals surface area contributed by atoms with E-state index in [1.54, 1.807) is 12.1 Å². The predicted octanol–water partition coefficient (Wildman–Crippen LogP) is 2.43. The Labute approximate surface area is 113 Å². The number of nitriles is 1. The van der Waals surface area contributed by atoms with Gasteiger partial charge < -0.3 is 5.11 Å². The normalized spacial score (nSPS) is 19.5. The molecule has 1 N–H and O–H groups in total. The molecule has 1 heterocycles. The highest BCUT2D eigenvalue weighted by Crippen LogP contribution is 2.24. The molecule has 0 bridgehead atoms. The molecule has 1 atom stereocenters. The van der Waals surface area contributed by atoms with E-state index in [1.807, 2.05) is 6.07 Å². The number of hydrogen-bond donors (Lipinski definition) is 1. The van der Waals surface area contributed by atoms with Gasteiger partial charge in [-0.3, -0.25) is 4.90 Å². The molecular weight excluding hydrogens is 243 g/mol. The molecule has 4 heteroatoms. The first kappa shape index (κ1) is 14.0. The van der Waals surface area contributed by atoms with Crippen LogP contribution in [0.2, 0.25) is 0 Å². The van der Waals surface area contributed by atoms with Crippen LogP contribution in [0, 0.1) is 17.1 Å². The quantitative estimate of drug-likeness (QED) is 0.886. The number of nitrogens with zero attached hydrogens (tertiary/aromatic N) is 2. The molecule has 1 fully saturated rings. The number of hydrogen-bond acceptors (Lipinski definition) is 3. The van der Waals surface area contributed by atoms with Gasteiger partial charge in [0.25, 0.3) is 0 Å². The van der Waals surface area contributed by atoms with Crippen molar-refractivity contribution < 1.29 is 9.50 Å². The molecule has 1 saturated heterocycles. The van der Waals surface area contributed by atoms with Gasteiger partial charge in [-0.05, 0) is 49.9 Å². The maximum Gasteiger partial charge on any atom is 0.140 e. The third-order valence-corrected chi connectivity index (χ3v) is 3.73. The number of halogens is 1. The Kier molecular flexibility index (Phi) is 4.89. The van der Waals surface area contributed by atoms with Gasteiger partial charge in [-0.15, -0.1) is 0 Å². The lowest BCUT2D eigenvalue weighted by atomic mass is 10.1. The van der Waals surface area contributed by atoms with Crippen molar-refractivity contribution in [2.75, 3.05) is 13.2 Å². The lowest BCUT2D eigenvalue weighted by Crippen LogP contribution is -2.29. The predicted molar refractivity (Wildman–Crippen MR) is 70.9 cm³/mol. The monoisotopic (exact) mass is 262 g/mol. The fourth-order valence-corrected chi connectivity index (χ4v) is 2.75. The van der Waals surface area contributed by atoms with Gasteiger partial charge in [0.05, 0.1) is 5.56 Å². The molecule has 0 unspecified atom stereocenters. The topological polar surface area (TPSA) is 47.3 Å². The molecule has 0 spiro atoms. The van der Waals surface area contributed by atoms with Crippen LogP contribution in [0.15, 0.2) is 18.2 Å². The van der Waals surface area contributed by atoms with Crippen molar-refractivity contribution in [3.05, 3.63) is 35.1 Å². The average molecular weight is 262 g/mol.